The number of hydrogen-bond donors (Lipinski definition) is 0. The predicted molar refractivity (Wildman–Crippen MR) is 170 cm³/mol. The van der Waals surface area contributed by atoms with Gasteiger partial charge in [0.15, 0.2) is 0 Å². The van der Waals surface area contributed by atoms with Gasteiger partial charge >= 0.3 is 0 Å². The van der Waals surface area contributed by atoms with Gasteiger partial charge in [-0.25, -0.2) is 16.8 Å². The smallest absolute Gasteiger partial charge is 0.243 e. The highest BCUT2D eigenvalue weighted by Crippen LogP contribution is 2.48. The first-order valence-electron chi connectivity index (χ1n) is 14.8. The van der Waals surface area contributed by atoms with Crippen LogP contribution in [0.4, 0.5) is 0 Å². The summed E-state index contributed by atoms with van der Waals surface area (Å²) in [6.45, 7) is 5.62. The zero-order valence-corrected chi connectivity index (χ0v) is 26.6. The van der Waals surface area contributed by atoms with Gasteiger partial charge in [-0.05, 0) is 62.6 Å². The molecular weight excluding hydrogens is 593 g/mol. The van der Waals surface area contributed by atoms with Crippen LogP contribution in [0.2, 0.25) is 0 Å². The van der Waals surface area contributed by atoms with Crippen LogP contribution in [0.5, 0.6) is 0 Å². The molecule has 4 aromatic rings. The first kappa shape index (κ1) is 30.4. The van der Waals surface area contributed by atoms with Crippen molar-refractivity contribution in [3.05, 3.63) is 131 Å². The van der Waals surface area contributed by atoms with E-state index >= 15 is 0 Å². The lowest BCUT2D eigenvalue weighted by molar-refractivity contribution is -0.132. The number of piperidine rings is 2. The highest BCUT2D eigenvalue weighted by molar-refractivity contribution is 7.89. The number of ketones is 1. The van der Waals surface area contributed by atoms with Crippen LogP contribution >= 0.6 is 0 Å². The highest BCUT2D eigenvalue weighted by Gasteiger charge is 2.54. The number of carbonyl (C=O) groups excluding carboxylic acids is 1. The number of benzene rings is 4. The summed E-state index contributed by atoms with van der Waals surface area (Å²) >= 11 is 0. The molecule has 2 aliphatic heterocycles. The lowest BCUT2D eigenvalue weighted by Gasteiger charge is -2.51. The molecule has 0 spiro atoms. The van der Waals surface area contributed by atoms with Gasteiger partial charge in [-0.3, -0.25) is 4.79 Å². The van der Waals surface area contributed by atoms with Crippen LogP contribution in [0.15, 0.2) is 113 Å². The Hall–Kier alpha value is -3.63. The third kappa shape index (κ3) is 5.54. The number of sulfonamides is 2. The molecule has 0 bridgehead atoms. The van der Waals surface area contributed by atoms with E-state index in [0.29, 0.717) is 0 Å². The number of Topliss-reactive ketones (excluding diaryl/α,β-unsaturated/α-hetero) is 1. The molecule has 2 unspecified atom stereocenters. The maximum Gasteiger partial charge on any atom is 0.243 e. The summed E-state index contributed by atoms with van der Waals surface area (Å²) in [5.74, 6) is -0.955. The molecule has 4 atom stereocenters. The second kappa shape index (κ2) is 11.7. The fraction of sp³-hybridized carbons (Fsp3) is 0.286. The zero-order valence-electron chi connectivity index (χ0n) is 25.0. The molecule has 0 N–H and O–H groups in total. The Bertz CT molecular complexity index is 1890. The molecule has 6 rings (SSSR count). The Kier molecular flexibility index (Phi) is 8.09. The van der Waals surface area contributed by atoms with Crippen molar-refractivity contribution in [2.45, 2.75) is 61.5 Å². The largest absolute Gasteiger partial charge is 0.299 e. The van der Waals surface area contributed by atoms with Gasteiger partial charge in [0.2, 0.25) is 20.0 Å². The minimum Gasteiger partial charge on any atom is -0.299 e. The molecule has 0 aliphatic carbocycles. The van der Waals surface area contributed by atoms with Crippen molar-refractivity contribution in [1.82, 2.24) is 8.61 Å². The number of nitrogens with zero attached hydrogens (tertiary/aromatic N) is 2. The van der Waals surface area contributed by atoms with Crippen LogP contribution in [0.25, 0.3) is 0 Å². The standard InChI is InChI=1S/C35H36N2O5S2/c1-24-12-16-29(17-13-24)43(39,40)36-23-31-34(21-32(36)27-9-5-4-6-10-27)37(44(41,42)30-18-14-25(2)15-19-30)33(22-35(31)38)28-11-7-8-26(3)20-28/h4-20,31-34H,21-23H2,1-3H3/t31-,32?,33?,34+/m1/s1. The van der Waals surface area contributed by atoms with Crippen molar-refractivity contribution in [2.24, 2.45) is 5.92 Å². The van der Waals surface area contributed by atoms with Crippen LogP contribution in [0.1, 0.15) is 52.7 Å². The molecule has 9 heteroatoms. The van der Waals surface area contributed by atoms with E-state index < -0.39 is 44.1 Å². The van der Waals surface area contributed by atoms with E-state index in [4.69, 9.17) is 0 Å². The Labute approximate surface area is 260 Å². The van der Waals surface area contributed by atoms with Crippen molar-refractivity contribution in [2.75, 3.05) is 6.54 Å². The van der Waals surface area contributed by atoms with Crippen LogP contribution < -0.4 is 0 Å². The molecule has 2 heterocycles. The fourth-order valence-electron chi connectivity index (χ4n) is 6.62. The van der Waals surface area contributed by atoms with Crippen molar-refractivity contribution < 1.29 is 21.6 Å². The van der Waals surface area contributed by atoms with Crippen LogP contribution in [-0.2, 0) is 24.8 Å². The molecule has 2 saturated heterocycles. The minimum atomic E-state index is -4.09. The molecule has 4 aromatic carbocycles. The quantitative estimate of drug-likeness (QED) is 0.256. The first-order chi connectivity index (χ1) is 21.0. The third-order valence-electron chi connectivity index (χ3n) is 8.93. The van der Waals surface area contributed by atoms with Crippen LogP contribution in [0.3, 0.4) is 0 Å². The molecule has 0 radical (unpaired) electrons. The molecule has 2 aliphatic rings. The highest BCUT2D eigenvalue weighted by atomic mass is 32.2. The monoisotopic (exact) mass is 628 g/mol. The number of carbonyl (C=O) groups is 1. The molecule has 0 saturated carbocycles. The Morgan fingerprint density at radius 2 is 1.18 bits per heavy atom. The molecule has 0 aromatic heterocycles. The maximum atomic E-state index is 14.6. The van der Waals surface area contributed by atoms with Gasteiger partial charge in [0.05, 0.1) is 21.9 Å². The zero-order chi connectivity index (χ0) is 31.2. The first-order valence-corrected chi connectivity index (χ1v) is 17.7. The van der Waals surface area contributed by atoms with E-state index in [9.17, 15) is 21.6 Å². The summed E-state index contributed by atoms with van der Waals surface area (Å²) in [4.78, 5) is 14.3. The fourth-order valence-corrected chi connectivity index (χ4v) is 10.1. The van der Waals surface area contributed by atoms with Crippen molar-refractivity contribution in [3.8, 4) is 0 Å². The SMILES string of the molecule is Cc1ccc(S(=O)(=O)N2C[C@H]3C(=O)CC(c4cccc(C)c4)N(S(=O)(=O)c4ccc(C)cc4)[C@H]3CC2c2ccccc2)cc1. The van der Waals surface area contributed by atoms with E-state index in [1.165, 1.54) is 8.61 Å². The molecule has 0 amide bonds. The molecular formula is C35H36N2O5S2. The van der Waals surface area contributed by atoms with E-state index in [-0.39, 0.29) is 35.0 Å². The number of aryl methyl sites for hydroxylation is 3. The second-order valence-corrected chi connectivity index (χ2v) is 15.7. The minimum absolute atomic E-state index is 0.0376. The Morgan fingerprint density at radius 3 is 1.77 bits per heavy atom. The van der Waals surface area contributed by atoms with Crippen LogP contribution in [0, 0.1) is 26.7 Å². The third-order valence-corrected chi connectivity index (χ3v) is 12.8. The topological polar surface area (TPSA) is 91.8 Å². The lowest BCUT2D eigenvalue weighted by atomic mass is 9.77. The maximum absolute atomic E-state index is 14.6. The van der Waals surface area contributed by atoms with Gasteiger partial charge in [0.1, 0.15) is 5.78 Å². The van der Waals surface area contributed by atoms with Crippen molar-refractivity contribution in [3.63, 3.8) is 0 Å². The van der Waals surface area contributed by atoms with Crippen molar-refractivity contribution in [1.29, 1.82) is 0 Å². The van der Waals surface area contributed by atoms with Gasteiger partial charge in [0, 0.05) is 24.9 Å². The molecule has 2 fully saturated rings. The average molecular weight is 629 g/mol. The summed E-state index contributed by atoms with van der Waals surface area (Å²) in [5.41, 5.74) is 4.33. The summed E-state index contributed by atoms with van der Waals surface area (Å²) in [5, 5.41) is 0. The number of hydrogen-bond acceptors (Lipinski definition) is 5. The lowest BCUT2D eigenvalue weighted by Crippen LogP contribution is -2.60. The van der Waals surface area contributed by atoms with Gasteiger partial charge in [0.25, 0.3) is 0 Å². The van der Waals surface area contributed by atoms with Gasteiger partial charge in [-0.15, -0.1) is 0 Å². The number of fused-ring (bicyclic) bond motifs is 1. The summed E-state index contributed by atoms with van der Waals surface area (Å²) in [6.07, 6.45) is 0.100. The van der Waals surface area contributed by atoms with E-state index in [0.717, 1.165) is 27.8 Å². The average Bonchev–Trinajstić information content (AvgIpc) is 3.01. The number of rotatable bonds is 6. The van der Waals surface area contributed by atoms with Gasteiger partial charge < -0.3 is 0 Å². The Morgan fingerprint density at radius 1 is 0.614 bits per heavy atom. The summed E-state index contributed by atoms with van der Waals surface area (Å²) in [6, 6.07) is 28.2. The van der Waals surface area contributed by atoms with E-state index in [1.54, 1.807) is 48.5 Å². The van der Waals surface area contributed by atoms with Gasteiger partial charge in [-0.2, -0.15) is 8.61 Å². The molecule has 228 valence electrons. The molecule has 7 nitrogen and oxygen atoms in total. The normalized spacial score (nSPS) is 23.3. The molecule has 44 heavy (non-hydrogen) atoms. The van der Waals surface area contributed by atoms with E-state index in [1.807, 2.05) is 75.4 Å². The summed E-state index contributed by atoms with van der Waals surface area (Å²) < 4.78 is 60.5. The second-order valence-electron chi connectivity index (χ2n) is 12.0. The predicted octanol–water partition coefficient (Wildman–Crippen LogP) is 6.14. The van der Waals surface area contributed by atoms with Crippen molar-refractivity contribution >= 4 is 25.8 Å². The Balaban J connectivity index is 1.50. The van der Waals surface area contributed by atoms with E-state index in [2.05, 4.69) is 0 Å². The summed E-state index contributed by atoms with van der Waals surface area (Å²) in [7, 11) is -8.10. The van der Waals surface area contributed by atoms with Gasteiger partial charge in [-0.1, -0.05) is 95.6 Å². The van der Waals surface area contributed by atoms with Crippen LogP contribution in [-0.4, -0.2) is 43.8 Å².